The van der Waals surface area contributed by atoms with E-state index in [0.717, 1.165) is 32.7 Å². The molecule has 1 saturated heterocycles. The van der Waals surface area contributed by atoms with E-state index in [9.17, 15) is 0 Å². The van der Waals surface area contributed by atoms with Crippen LogP contribution in [0.5, 0.6) is 0 Å². The maximum Gasteiger partial charge on any atom is 0.0474 e. The predicted molar refractivity (Wildman–Crippen MR) is 167 cm³/mol. The van der Waals surface area contributed by atoms with Crippen LogP contribution in [0.1, 0.15) is 5.69 Å². The number of aromatic amines is 3. The van der Waals surface area contributed by atoms with Crippen LogP contribution in [0.2, 0.25) is 0 Å². The van der Waals surface area contributed by atoms with Gasteiger partial charge >= 0.3 is 0 Å². The number of rotatable bonds is 5. The summed E-state index contributed by atoms with van der Waals surface area (Å²) >= 11 is 0. The van der Waals surface area contributed by atoms with Gasteiger partial charge in [0.25, 0.3) is 0 Å². The number of hydrogen-bond acceptors (Lipinski definition) is 2. The Labute approximate surface area is 233 Å². The van der Waals surface area contributed by atoms with E-state index in [1.54, 1.807) is 0 Å². The van der Waals surface area contributed by atoms with Crippen LogP contribution in [0.25, 0.3) is 55.0 Å². The molecule has 0 amide bonds. The van der Waals surface area contributed by atoms with Crippen LogP contribution < -0.4 is 4.90 Å². The molecular weight excluding hydrogens is 490 g/mol. The molecule has 196 valence electrons. The monoisotopic (exact) mass is 521 g/mol. The lowest BCUT2D eigenvalue weighted by Crippen LogP contribution is -2.46. The summed E-state index contributed by atoms with van der Waals surface area (Å²) in [5.74, 6) is 0. The van der Waals surface area contributed by atoms with Gasteiger partial charge in [0.05, 0.1) is 0 Å². The molecule has 40 heavy (non-hydrogen) atoms. The van der Waals surface area contributed by atoms with Gasteiger partial charge in [-0.3, -0.25) is 4.90 Å². The summed E-state index contributed by atoms with van der Waals surface area (Å²) in [5.41, 5.74) is 11.3. The van der Waals surface area contributed by atoms with Gasteiger partial charge in [-0.25, -0.2) is 0 Å². The first-order valence-electron chi connectivity index (χ1n) is 14.1. The molecule has 1 aliphatic heterocycles. The second-order valence-electron chi connectivity index (χ2n) is 10.8. The van der Waals surface area contributed by atoms with E-state index in [4.69, 9.17) is 0 Å². The molecule has 0 atom stereocenters. The quantitative estimate of drug-likeness (QED) is 0.217. The zero-order chi connectivity index (χ0) is 26.5. The second kappa shape index (κ2) is 9.47. The standard InChI is InChI=1S/C35H31N5/c1-2-7-32-29(5-1)35(25-13-11-24(12-14-25)26-6-3-8-30-27(26)15-17-36-30)33(38-32)23-39-19-21-40(22-20-39)34-10-4-9-31-28(34)16-18-37-31/h1-18,36-38H,19-23H2. The summed E-state index contributed by atoms with van der Waals surface area (Å²) in [4.78, 5) is 15.6. The Morgan fingerprint density at radius 2 is 1.23 bits per heavy atom. The SMILES string of the molecule is c1cc(-c2ccc(-c3c(CN4CCN(c5cccc6[nH]ccc56)CC4)[nH]c4ccccc34)cc2)c2cc[nH]c2c1. The van der Waals surface area contributed by atoms with Crippen LogP contribution >= 0.6 is 0 Å². The van der Waals surface area contributed by atoms with Gasteiger partial charge in [-0.05, 0) is 53.1 Å². The summed E-state index contributed by atoms with van der Waals surface area (Å²) in [5, 5.41) is 3.86. The molecule has 3 N–H and O–H groups in total. The molecule has 5 nitrogen and oxygen atoms in total. The molecule has 5 heteroatoms. The first kappa shape index (κ1) is 23.2. The van der Waals surface area contributed by atoms with Crippen molar-refractivity contribution in [1.82, 2.24) is 19.9 Å². The molecule has 0 bridgehead atoms. The Kier molecular flexibility index (Phi) is 5.49. The van der Waals surface area contributed by atoms with Gasteiger partial charge in [-0.1, -0.05) is 60.7 Å². The fourth-order valence-electron chi connectivity index (χ4n) is 6.51. The number of anilines is 1. The fourth-order valence-corrected chi connectivity index (χ4v) is 6.51. The molecule has 0 saturated carbocycles. The molecule has 3 aromatic heterocycles. The molecule has 1 fully saturated rings. The molecule has 1 aliphatic rings. The van der Waals surface area contributed by atoms with Crippen LogP contribution in [0.15, 0.2) is 109 Å². The van der Waals surface area contributed by atoms with E-state index < -0.39 is 0 Å². The highest BCUT2D eigenvalue weighted by molar-refractivity contribution is 5.99. The fraction of sp³-hybridized carbons (Fsp3) is 0.143. The van der Waals surface area contributed by atoms with Gasteiger partial charge < -0.3 is 19.9 Å². The zero-order valence-electron chi connectivity index (χ0n) is 22.3. The van der Waals surface area contributed by atoms with Crippen molar-refractivity contribution >= 4 is 38.4 Å². The minimum Gasteiger partial charge on any atom is -0.368 e. The van der Waals surface area contributed by atoms with Gasteiger partial charge in [0.2, 0.25) is 0 Å². The van der Waals surface area contributed by atoms with Crippen LogP contribution in [0.3, 0.4) is 0 Å². The Hall–Kier alpha value is -4.74. The molecule has 0 aliphatic carbocycles. The second-order valence-corrected chi connectivity index (χ2v) is 10.8. The highest BCUT2D eigenvalue weighted by atomic mass is 15.3. The lowest BCUT2D eigenvalue weighted by atomic mass is 9.96. The molecule has 8 rings (SSSR count). The van der Waals surface area contributed by atoms with E-state index in [2.05, 4.69) is 122 Å². The number of H-pyrrole nitrogens is 3. The molecular formula is C35H31N5. The number of benzene rings is 4. The largest absolute Gasteiger partial charge is 0.368 e. The minimum atomic E-state index is 0.913. The van der Waals surface area contributed by atoms with Crippen LogP contribution in [0, 0.1) is 0 Å². The Morgan fingerprint density at radius 3 is 2.05 bits per heavy atom. The van der Waals surface area contributed by atoms with Gasteiger partial charge in [-0.2, -0.15) is 0 Å². The lowest BCUT2D eigenvalue weighted by molar-refractivity contribution is 0.248. The van der Waals surface area contributed by atoms with Crippen LogP contribution in [0.4, 0.5) is 5.69 Å². The van der Waals surface area contributed by atoms with Crippen molar-refractivity contribution in [3.63, 3.8) is 0 Å². The van der Waals surface area contributed by atoms with Crippen molar-refractivity contribution in [2.24, 2.45) is 0 Å². The number of piperazine rings is 1. The topological polar surface area (TPSA) is 53.9 Å². The third-order valence-corrected chi connectivity index (χ3v) is 8.53. The van der Waals surface area contributed by atoms with E-state index >= 15 is 0 Å². The summed E-state index contributed by atoms with van der Waals surface area (Å²) in [7, 11) is 0. The maximum atomic E-state index is 3.78. The number of fused-ring (bicyclic) bond motifs is 3. The number of aromatic nitrogens is 3. The van der Waals surface area contributed by atoms with E-state index in [1.807, 2.05) is 12.4 Å². The number of para-hydroxylation sites is 1. The van der Waals surface area contributed by atoms with Crippen LogP contribution in [-0.4, -0.2) is 46.0 Å². The van der Waals surface area contributed by atoms with Crippen molar-refractivity contribution < 1.29 is 0 Å². The molecule has 0 spiro atoms. The average molecular weight is 522 g/mol. The van der Waals surface area contributed by atoms with E-state index in [0.29, 0.717) is 0 Å². The number of nitrogens with zero attached hydrogens (tertiary/aromatic N) is 2. The Bertz CT molecular complexity index is 1950. The molecule has 7 aromatic rings. The normalized spacial score (nSPS) is 14.6. The zero-order valence-corrected chi connectivity index (χ0v) is 22.3. The summed E-state index contributed by atoms with van der Waals surface area (Å²) in [6.45, 7) is 5.04. The molecule has 4 aromatic carbocycles. The number of nitrogens with one attached hydrogen (secondary N) is 3. The first-order valence-corrected chi connectivity index (χ1v) is 14.1. The van der Waals surface area contributed by atoms with Gasteiger partial charge in [0.1, 0.15) is 0 Å². The third-order valence-electron chi connectivity index (χ3n) is 8.53. The maximum absolute atomic E-state index is 3.78. The summed E-state index contributed by atoms with van der Waals surface area (Å²) in [6, 6.07) is 35.2. The van der Waals surface area contributed by atoms with Crippen molar-refractivity contribution in [2.45, 2.75) is 6.54 Å². The van der Waals surface area contributed by atoms with Gasteiger partial charge in [0, 0.05) is 94.8 Å². The predicted octanol–water partition coefficient (Wildman–Crippen LogP) is 7.79. The van der Waals surface area contributed by atoms with Crippen molar-refractivity contribution in [3.8, 4) is 22.3 Å². The van der Waals surface area contributed by atoms with Gasteiger partial charge in [0.15, 0.2) is 0 Å². The van der Waals surface area contributed by atoms with Gasteiger partial charge in [-0.15, -0.1) is 0 Å². The highest BCUT2D eigenvalue weighted by Gasteiger charge is 2.22. The highest BCUT2D eigenvalue weighted by Crippen LogP contribution is 2.36. The Balaban J connectivity index is 1.08. The van der Waals surface area contributed by atoms with E-state index in [-0.39, 0.29) is 0 Å². The van der Waals surface area contributed by atoms with Crippen molar-refractivity contribution in [1.29, 1.82) is 0 Å². The van der Waals surface area contributed by atoms with E-state index in [1.165, 1.54) is 66.3 Å². The number of hydrogen-bond donors (Lipinski definition) is 3. The summed E-state index contributed by atoms with van der Waals surface area (Å²) in [6.07, 6.45) is 4.05. The Morgan fingerprint density at radius 1 is 0.550 bits per heavy atom. The average Bonchev–Trinajstić information content (AvgIpc) is 3.76. The summed E-state index contributed by atoms with van der Waals surface area (Å²) < 4.78 is 0. The smallest absolute Gasteiger partial charge is 0.0474 e. The van der Waals surface area contributed by atoms with Crippen LogP contribution in [-0.2, 0) is 6.54 Å². The van der Waals surface area contributed by atoms with Crippen molar-refractivity contribution in [2.75, 3.05) is 31.1 Å². The lowest BCUT2D eigenvalue weighted by Gasteiger charge is -2.36. The molecule has 4 heterocycles. The van der Waals surface area contributed by atoms with Crippen molar-refractivity contribution in [3.05, 3.63) is 115 Å². The first-order chi connectivity index (χ1) is 19.8. The molecule has 0 unspecified atom stereocenters. The minimum absolute atomic E-state index is 0.913. The third kappa shape index (κ3) is 3.90. The molecule has 0 radical (unpaired) electrons.